The van der Waals surface area contributed by atoms with Crippen LogP contribution in [0.2, 0.25) is 0 Å². The zero-order valence-corrected chi connectivity index (χ0v) is 18.9. The molecule has 0 saturated carbocycles. The van der Waals surface area contributed by atoms with Crippen LogP contribution in [-0.4, -0.2) is 16.6 Å². The molecule has 0 amide bonds. The van der Waals surface area contributed by atoms with E-state index >= 15 is 0 Å². The van der Waals surface area contributed by atoms with Crippen molar-refractivity contribution >= 4 is 28.3 Å². The van der Waals surface area contributed by atoms with Gasteiger partial charge < -0.3 is 0 Å². The molecule has 0 fully saturated rings. The van der Waals surface area contributed by atoms with Gasteiger partial charge in [-0.1, -0.05) is 118 Å². The zero-order valence-electron chi connectivity index (χ0n) is 18.1. The van der Waals surface area contributed by atoms with Crippen molar-refractivity contribution < 1.29 is 4.79 Å². The molecule has 0 aliphatic heterocycles. The second-order valence-electron chi connectivity index (χ2n) is 7.96. The Morgan fingerprint density at radius 3 is 1.73 bits per heavy atom. The number of aliphatic imine (C=N–C) groups is 1. The first-order chi connectivity index (χ1) is 14.5. The molecule has 0 unspecified atom stereocenters. The lowest BCUT2D eigenvalue weighted by molar-refractivity contribution is 0.102. The molecule has 0 heterocycles. The van der Waals surface area contributed by atoms with Crippen LogP contribution in [0.15, 0.2) is 83.9 Å². The van der Waals surface area contributed by atoms with Crippen LogP contribution in [0, 0.1) is 0 Å². The van der Waals surface area contributed by atoms with Crippen molar-refractivity contribution in [2.45, 2.75) is 39.5 Å². The molecule has 0 aromatic heterocycles. The van der Waals surface area contributed by atoms with E-state index in [9.17, 15) is 4.79 Å². The molecule has 0 atom stereocenters. The molecule has 3 aromatic rings. The van der Waals surface area contributed by atoms with Crippen LogP contribution in [0.1, 0.15) is 66.6 Å². The SMILES string of the molecule is CC(C)c1cccc(C(C)C)c1N=C(SCC(=O)c1ccccc1)c1ccccc1. The van der Waals surface area contributed by atoms with Gasteiger partial charge in [0, 0.05) is 11.1 Å². The first-order valence-electron chi connectivity index (χ1n) is 10.4. The van der Waals surface area contributed by atoms with Crippen molar-refractivity contribution in [1.82, 2.24) is 0 Å². The summed E-state index contributed by atoms with van der Waals surface area (Å²) in [6.07, 6.45) is 0. The monoisotopic (exact) mass is 415 g/mol. The van der Waals surface area contributed by atoms with Gasteiger partial charge in [-0.2, -0.15) is 0 Å². The van der Waals surface area contributed by atoms with Crippen molar-refractivity contribution in [1.29, 1.82) is 0 Å². The molecule has 0 spiro atoms. The van der Waals surface area contributed by atoms with Gasteiger partial charge in [0.25, 0.3) is 0 Å². The average Bonchev–Trinajstić information content (AvgIpc) is 2.77. The molecular weight excluding hydrogens is 386 g/mol. The summed E-state index contributed by atoms with van der Waals surface area (Å²) in [7, 11) is 0. The number of para-hydroxylation sites is 1. The van der Waals surface area contributed by atoms with Crippen LogP contribution in [0.3, 0.4) is 0 Å². The maximum atomic E-state index is 12.7. The van der Waals surface area contributed by atoms with Crippen LogP contribution in [0.4, 0.5) is 5.69 Å². The molecule has 30 heavy (non-hydrogen) atoms. The molecule has 3 heteroatoms. The Labute approximate surface area is 184 Å². The van der Waals surface area contributed by atoms with E-state index in [2.05, 4.69) is 58.0 Å². The van der Waals surface area contributed by atoms with Crippen molar-refractivity contribution in [3.8, 4) is 0 Å². The Balaban J connectivity index is 2.02. The Kier molecular flexibility index (Phi) is 7.64. The Hall–Kier alpha value is -2.65. The van der Waals surface area contributed by atoms with Gasteiger partial charge >= 0.3 is 0 Å². The number of hydrogen-bond acceptors (Lipinski definition) is 3. The quantitative estimate of drug-likeness (QED) is 0.225. The topological polar surface area (TPSA) is 29.4 Å². The lowest BCUT2D eigenvalue weighted by atomic mass is 9.93. The number of hydrogen-bond donors (Lipinski definition) is 0. The minimum absolute atomic E-state index is 0.116. The maximum Gasteiger partial charge on any atom is 0.173 e. The first kappa shape index (κ1) is 22.0. The van der Waals surface area contributed by atoms with Gasteiger partial charge in [0.15, 0.2) is 5.78 Å². The minimum Gasteiger partial charge on any atom is -0.293 e. The smallest absolute Gasteiger partial charge is 0.173 e. The summed E-state index contributed by atoms with van der Waals surface area (Å²) >= 11 is 1.51. The highest BCUT2D eigenvalue weighted by atomic mass is 32.2. The highest BCUT2D eigenvalue weighted by Gasteiger charge is 2.16. The molecule has 0 saturated heterocycles. The van der Waals surface area contributed by atoms with Crippen LogP contribution < -0.4 is 0 Å². The molecule has 2 nitrogen and oxygen atoms in total. The van der Waals surface area contributed by atoms with Crippen LogP contribution in [-0.2, 0) is 0 Å². The van der Waals surface area contributed by atoms with Crippen molar-refractivity contribution in [2.24, 2.45) is 4.99 Å². The summed E-state index contributed by atoms with van der Waals surface area (Å²) in [6, 6.07) is 26.1. The standard InChI is InChI=1S/C27H29NOS/c1-19(2)23-16-11-17-24(20(3)4)26(23)28-27(22-14-9-6-10-15-22)30-18-25(29)21-12-7-5-8-13-21/h5-17,19-20H,18H2,1-4H3. The van der Waals surface area contributed by atoms with E-state index in [0.717, 1.165) is 21.9 Å². The van der Waals surface area contributed by atoms with E-state index in [-0.39, 0.29) is 5.78 Å². The number of carbonyl (C=O) groups excluding carboxylic acids is 1. The molecule has 0 bridgehead atoms. The third-order valence-corrected chi connectivity index (χ3v) is 6.02. The number of Topliss-reactive ketones (excluding diaryl/α,β-unsaturated/α-hetero) is 1. The molecule has 3 aromatic carbocycles. The van der Waals surface area contributed by atoms with E-state index in [1.165, 1.54) is 22.9 Å². The highest BCUT2D eigenvalue weighted by molar-refractivity contribution is 8.15. The third-order valence-electron chi connectivity index (χ3n) is 5.01. The van der Waals surface area contributed by atoms with Gasteiger partial charge in [0.2, 0.25) is 0 Å². The van der Waals surface area contributed by atoms with E-state index in [1.54, 1.807) is 0 Å². The normalized spacial score (nSPS) is 11.9. The van der Waals surface area contributed by atoms with Gasteiger partial charge in [-0.05, 0) is 23.0 Å². The van der Waals surface area contributed by atoms with Gasteiger partial charge in [-0.3, -0.25) is 4.79 Å². The van der Waals surface area contributed by atoms with Gasteiger partial charge in [0.05, 0.1) is 11.4 Å². The molecule has 0 aliphatic carbocycles. The third kappa shape index (κ3) is 5.48. The summed E-state index contributed by atoms with van der Waals surface area (Å²) < 4.78 is 0. The number of ketones is 1. The van der Waals surface area contributed by atoms with Gasteiger partial charge in [0.1, 0.15) is 5.04 Å². The van der Waals surface area contributed by atoms with Crippen LogP contribution in [0.5, 0.6) is 0 Å². The predicted octanol–water partition coefficient (Wildman–Crippen LogP) is 7.63. The highest BCUT2D eigenvalue weighted by Crippen LogP contribution is 2.36. The first-order valence-corrected chi connectivity index (χ1v) is 11.4. The molecule has 154 valence electrons. The number of thioether (sulfide) groups is 1. The van der Waals surface area contributed by atoms with Crippen molar-refractivity contribution in [3.63, 3.8) is 0 Å². The Morgan fingerprint density at radius 2 is 1.23 bits per heavy atom. The maximum absolute atomic E-state index is 12.7. The fourth-order valence-corrected chi connectivity index (χ4v) is 4.24. The average molecular weight is 416 g/mol. The second kappa shape index (κ2) is 10.4. The molecule has 0 aliphatic rings. The van der Waals surface area contributed by atoms with Crippen LogP contribution >= 0.6 is 11.8 Å². The van der Waals surface area contributed by atoms with Crippen molar-refractivity contribution in [2.75, 3.05) is 5.75 Å². The predicted molar refractivity (Wildman–Crippen MR) is 130 cm³/mol. The number of rotatable bonds is 7. The minimum atomic E-state index is 0.116. The summed E-state index contributed by atoms with van der Waals surface area (Å²) in [4.78, 5) is 17.9. The summed E-state index contributed by atoms with van der Waals surface area (Å²) in [5, 5.41) is 0.884. The van der Waals surface area contributed by atoms with Crippen LogP contribution in [0.25, 0.3) is 0 Å². The fourth-order valence-electron chi connectivity index (χ4n) is 3.34. The Morgan fingerprint density at radius 1 is 0.733 bits per heavy atom. The number of carbonyl (C=O) groups is 1. The lowest BCUT2D eigenvalue weighted by Crippen LogP contribution is -2.06. The molecule has 0 radical (unpaired) electrons. The van der Waals surface area contributed by atoms with E-state index in [1.807, 2.05) is 48.5 Å². The van der Waals surface area contributed by atoms with Crippen molar-refractivity contribution in [3.05, 3.63) is 101 Å². The fraction of sp³-hybridized carbons (Fsp3) is 0.259. The van der Waals surface area contributed by atoms with E-state index in [4.69, 9.17) is 4.99 Å². The number of nitrogens with zero attached hydrogens (tertiary/aromatic N) is 1. The Bertz CT molecular complexity index is 981. The molecule has 3 rings (SSSR count). The lowest BCUT2D eigenvalue weighted by Gasteiger charge is -2.18. The van der Waals surface area contributed by atoms with Gasteiger partial charge in [-0.25, -0.2) is 4.99 Å². The summed E-state index contributed by atoms with van der Waals surface area (Å²) in [5.41, 5.74) is 5.30. The summed E-state index contributed by atoms with van der Waals surface area (Å²) in [6.45, 7) is 8.80. The van der Waals surface area contributed by atoms with E-state index < -0.39 is 0 Å². The van der Waals surface area contributed by atoms with Gasteiger partial charge in [-0.15, -0.1) is 0 Å². The largest absolute Gasteiger partial charge is 0.293 e. The molecular formula is C27H29NOS. The second-order valence-corrected chi connectivity index (χ2v) is 8.92. The zero-order chi connectivity index (χ0) is 21.5. The number of benzene rings is 3. The molecule has 0 N–H and O–H groups in total. The summed E-state index contributed by atoms with van der Waals surface area (Å²) in [5.74, 6) is 1.22. The van der Waals surface area contributed by atoms with E-state index in [0.29, 0.717) is 17.6 Å².